The molecule has 7 heteroatoms. The largest absolute Gasteiger partial charge is 0.273 e. The summed E-state index contributed by atoms with van der Waals surface area (Å²) >= 11 is 0. The van der Waals surface area contributed by atoms with E-state index in [9.17, 15) is 13.2 Å². The highest BCUT2D eigenvalue weighted by Gasteiger charge is 2.31. The molecule has 0 unspecified atom stereocenters. The average Bonchev–Trinajstić information content (AvgIpc) is 2.74. The van der Waals surface area contributed by atoms with Crippen LogP contribution in [0, 0.1) is 5.92 Å². The van der Waals surface area contributed by atoms with Gasteiger partial charge in [0.15, 0.2) is 0 Å². The number of sulfonamides is 1. The molecule has 1 aliphatic rings. The highest BCUT2D eigenvalue weighted by molar-refractivity contribution is 7.89. The number of rotatable bonds is 6. The van der Waals surface area contributed by atoms with E-state index in [0.717, 1.165) is 5.56 Å². The van der Waals surface area contributed by atoms with Gasteiger partial charge in [-0.2, -0.15) is 9.41 Å². The van der Waals surface area contributed by atoms with Gasteiger partial charge in [0.2, 0.25) is 15.9 Å². The molecular formula is C22H27N3O3S. The van der Waals surface area contributed by atoms with E-state index in [1.165, 1.54) is 9.87 Å². The predicted molar refractivity (Wildman–Crippen MR) is 114 cm³/mol. The van der Waals surface area contributed by atoms with Gasteiger partial charge in [-0.15, -0.1) is 0 Å². The third kappa shape index (κ3) is 5.31. The quantitative estimate of drug-likeness (QED) is 0.583. The van der Waals surface area contributed by atoms with Crippen molar-refractivity contribution in [1.82, 2.24) is 9.73 Å². The molecule has 0 aromatic heterocycles. The van der Waals surface area contributed by atoms with Crippen LogP contribution in [0.15, 0.2) is 64.6 Å². The molecule has 1 N–H and O–H groups in total. The maximum atomic E-state index is 12.7. The summed E-state index contributed by atoms with van der Waals surface area (Å²) < 4.78 is 26.8. The lowest BCUT2D eigenvalue weighted by molar-refractivity contribution is -0.126. The third-order valence-corrected chi connectivity index (χ3v) is 7.11. The second-order valence-electron chi connectivity index (χ2n) is 7.55. The zero-order chi connectivity index (χ0) is 20.9. The Morgan fingerprint density at radius 2 is 1.69 bits per heavy atom. The van der Waals surface area contributed by atoms with Crippen LogP contribution in [0.5, 0.6) is 0 Å². The number of benzene rings is 2. The molecular weight excluding hydrogens is 386 g/mol. The molecule has 0 radical (unpaired) electrons. The van der Waals surface area contributed by atoms with E-state index in [1.54, 1.807) is 36.5 Å². The second-order valence-corrected chi connectivity index (χ2v) is 9.48. The highest BCUT2D eigenvalue weighted by atomic mass is 32.2. The van der Waals surface area contributed by atoms with Crippen LogP contribution in [0.1, 0.15) is 43.7 Å². The molecule has 6 nitrogen and oxygen atoms in total. The number of nitrogens with zero attached hydrogens (tertiary/aromatic N) is 2. The van der Waals surface area contributed by atoms with Gasteiger partial charge in [-0.25, -0.2) is 13.8 Å². The molecule has 0 spiro atoms. The van der Waals surface area contributed by atoms with Crippen molar-refractivity contribution in [2.45, 2.75) is 37.5 Å². The minimum absolute atomic E-state index is 0.170. The smallest absolute Gasteiger partial charge is 0.243 e. The van der Waals surface area contributed by atoms with Crippen LogP contribution in [-0.4, -0.2) is 37.9 Å². The topological polar surface area (TPSA) is 78.8 Å². The van der Waals surface area contributed by atoms with E-state index < -0.39 is 10.0 Å². The predicted octanol–water partition coefficient (Wildman–Crippen LogP) is 3.36. The standard InChI is InChI=1S/C22H27N3O3S/c1-17(2)19-10-8-18(9-11-19)16-23-24-22(26)20-12-14-25(15-13-20)29(27,28)21-6-4-3-5-7-21/h3-11,16-17,20H,12-15H2,1-2H3,(H,24,26)/b23-16-. The zero-order valence-corrected chi connectivity index (χ0v) is 17.6. The molecule has 0 bridgehead atoms. The molecule has 154 valence electrons. The van der Waals surface area contributed by atoms with Gasteiger partial charge in [0.1, 0.15) is 0 Å². The number of amides is 1. The Balaban J connectivity index is 1.51. The van der Waals surface area contributed by atoms with Crippen molar-refractivity contribution in [3.8, 4) is 0 Å². The van der Waals surface area contributed by atoms with E-state index >= 15 is 0 Å². The fourth-order valence-corrected chi connectivity index (χ4v) is 4.82. The lowest BCUT2D eigenvalue weighted by Crippen LogP contribution is -2.42. The Kier molecular flexibility index (Phi) is 6.82. The van der Waals surface area contributed by atoms with Gasteiger partial charge in [-0.3, -0.25) is 4.79 Å². The maximum absolute atomic E-state index is 12.7. The minimum Gasteiger partial charge on any atom is -0.273 e. The summed E-state index contributed by atoms with van der Waals surface area (Å²) in [6.45, 7) is 4.94. The van der Waals surface area contributed by atoms with Crippen molar-refractivity contribution in [3.05, 3.63) is 65.7 Å². The monoisotopic (exact) mass is 413 g/mol. The molecule has 0 aliphatic carbocycles. The molecule has 2 aromatic rings. The van der Waals surface area contributed by atoms with Crippen LogP contribution in [-0.2, 0) is 14.8 Å². The molecule has 2 aromatic carbocycles. The Hall–Kier alpha value is -2.51. The van der Waals surface area contributed by atoms with Crippen molar-refractivity contribution in [2.75, 3.05) is 13.1 Å². The van der Waals surface area contributed by atoms with Gasteiger partial charge in [0.05, 0.1) is 11.1 Å². The van der Waals surface area contributed by atoms with Gasteiger partial charge in [-0.1, -0.05) is 56.3 Å². The number of hydrogen-bond acceptors (Lipinski definition) is 4. The summed E-state index contributed by atoms with van der Waals surface area (Å²) in [6, 6.07) is 16.4. The molecule has 1 amide bonds. The fourth-order valence-electron chi connectivity index (χ4n) is 3.33. The molecule has 1 saturated heterocycles. The molecule has 1 fully saturated rings. The molecule has 3 rings (SSSR count). The fraction of sp³-hybridized carbons (Fsp3) is 0.364. The number of piperidine rings is 1. The molecule has 29 heavy (non-hydrogen) atoms. The average molecular weight is 414 g/mol. The van der Waals surface area contributed by atoms with Crippen molar-refractivity contribution < 1.29 is 13.2 Å². The lowest BCUT2D eigenvalue weighted by atomic mass is 9.98. The van der Waals surface area contributed by atoms with Gasteiger partial charge < -0.3 is 0 Å². The lowest BCUT2D eigenvalue weighted by Gasteiger charge is -2.30. The van der Waals surface area contributed by atoms with Gasteiger partial charge in [0, 0.05) is 19.0 Å². The highest BCUT2D eigenvalue weighted by Crippen LogP contribution is 2.23. The number of carbonyl (C=O) groups is 1. The van der Waals surface area contributed by atoms with E-state index in [1.807, 2.05) is 12.1 Å². The van der Waals surface area contributed by atoms with Crippen molar-refractivity contribution in [2.24, 2.45) is 11.0 Å². The normalized spacial score (nSPS) is 16.4. The van der Waals surface area contributed by atoms with Crippen LogP contribution in [0.3, 0.4) is 0 Å². The molecule has 0 atom stereocenters. The summed E-state index contributed by atoms with van der Waals surface area (Å²) in [5, 5.41) is 4.05. The number of nitrogens with one attached hydrogen (secondary N) is 1. The molecule has 1 heterocycles. The number of hydrazone groups is 1. The van der Waals surface area contributed by atoms with Crippen molar-refractivity contribution in [1.29, 1.82) is 0 Å². The van der Waals surface area contributed by atoms with Gasteiger partial charge in [0.25, 0.3) is 0 Å². The first kappa shape index (κ1) is 21.2. The Morgan fingerprint density at radius 3 is 2.28 bits per heavy atom. The van der Waals surface area contributed by atoms with Crippen LogP contribution >= 0.6 is 0 Å². The Labute approximate surface area is 172 Å². The molecule has 0 saturated carbocycles. The SMILES string of the molecule is CC(C)c1ccc(/C=N\NC(=O)C2CCN(S(=O)(=O)c3ccccc3)CC2)cc1. The summed E-state index contributed by atoms with van der Waals surface area (Å²) in [5.41, 5.74) is 4.75. The Bertz CT molecular complexity index is 947. The van der Waals surface area contributed by atoms with Crippen LogP contribution in [0.25, 0.3) is 0 Å². The van der Waals surface area contributed by atoms with E-state index in [-0.39, 0.29) is 16.7 Å². The van der Waals surface area contributed by atoms with Gasteiger partial charge >= 0.3 is 0 Å². The van der Waals surface area contributed by atoms with E-state index in [2.05, 4.69) is 36.5 Å². The third-order valence-electron chi connectivity index (χ3n) is 5.20. The summed E-state index contributed by atoms with van der Waals surface area (Å²) in [4.78, 5) is 12.7. The van der Waals surface area contributed by atoms with E-state index in [4.69, 9.17) is 0 Å². The zero-order valence-electron chi connectivity index (χ0n) is 16.8. The summed E-state index contributed by atoms with van der Waals surface area (Å²) in [5.74, 6) is 0.0618. The number of carbonyl (C=O) groups excluding carboxylic acids is 1. The van der Waals surface area contributed by atoms with E-state index in [0.29, 0.717) is 31.8 Å². The van der Waals surface area contributed by atoms with Gasteiger partial charge in [-0.05, 0) is 42.0 Å². The first-order chi connectivity index (χ1) is 13.9. The molecule has 1 aliphatic heterocycles. The first-order valence-corrected chi connectivity index (χ1v) is 11.3. The van der Waals surface area contributed by atoms with Crippen molar-refractivity contribution in [3.63, 3.8) is 0 Å². The summed E-state index contributed by atoms with van der Waals surface area (Å²) in [6.07, 6.45) is 2.59. The maximum Gasteiger partial charge on any atom is 0.243 e. The Morgan fingerprint density at radius 1 is 1.07 bits per heavy atom. The number of hydrogen-bond donors (Lipinski definition) is 1. The minimum atomic E-state index is -3.50. The second kappa shape index (κ2) is 9.33. The van der Waals surface area contributed by atoms with Crippen molar-refractivity contribution >= 4 is 22.1 Å². The van der Waals surface area contributed by atoms with Crippen LogP contribution in [0.4, 0.5) is 0 Å². The first-order valence-electron chi connectivity index (χ1n) is 9.86. The van der Waals surface area contributed by atoms with Crippen LogP contribution in [0.2, 0.25) is 0 Å². The summed E-state index contributed by atoms with van der Waals surface area (Å²) in [7, 11) is -3.50. The van der Waals surface area contributed by atoms with Crippen LogP contribution < -0.4 is 5.43 Å².